The fourth-order valence-electron chi connectivity index (χ4n) is 1.35. The molecule has 0 radical (unpaired) electrons. The van der Waals surface area contributed by atoms with Crippen molar-refractivity contribution in [1.82, 2.24) is 10.3 Å². The van der Waals surface area contributed by atoms with Crippen molar-refractivity contribution in [3.8, 4) is 5.88 Å². The number of hydrogen-bond donors (Lipinski definition) is 2. The highest BCUT2D eigenvalue weighted by Crippen LogP contribution is 2.11. The molecule has 5 nitrogen and oxygen atoms in total. The molecule has 0 aliphatic carbocycles. The van der Waals surface area contributed by atoms with Gasteiger partial charge < -0.3 is 15.4 Å². The molecule has 0 saturated heterocycles. The molecule has 5 heteroatoms. The lowest BCUT2D eigenvalue weighted by Gasteiger charge is -2.20. The van der Waals surface area contributed by atoms with Crippen LogP contribution in [0.1, 0.15) is 27.2 Å². The van der Waals surface area contributed by atoms with Crippen molar-refractivity contribution in [1.29, 1.82) is 0 Å². The highest BCUT2D eigenvalue weighted by Gasteiger charge is 2.09. The summed E-state index contributed by atoms with van der Waals surface area (Å²) in [5.74, 6) is 0.501. The van der Waals surface area contributed by atoms with Crippen LogP contribution in [0.3, 0.4) is 0 Å². The topological polar surface area (TPSA) is 63.2 Å². The van der Waals surface area contributed by atoms with E-state index in [4.69, 9.17) is 4.74 Å². The van der Waals surface area contributed by atoms with E-state index in [0.29, 0.717) is 24.5 Å². The Morgan fingerprint density at radius 2 is 2.11 bits per heavy atom. The first-order valence-corrected chi connectivity index (χ1v) is 5.95. The minimum absolute atomic E-state index is 0.0290. The van der Waals surface area contributed by atoms with E-state index in [1.165, 1.54) is 0 Å². The van der Waals surface area contributed by atoms with Crippen LogP contribution in [0.5, 0.6) is 5.88 Å². The number of carbonyl (C=O) groups excluding carboxylic acids is 1. The van der Waals surface area contributed by atoms with Crippen LogP contribution < -0.4 is 15.4 Å². The maximum Gasteiger partial charge on any atom is 0.225 e. The zero-order chi connectivity index (χ0) is 13.6. The van der Waals surface area contributed by atoms with Gasteiger partial charge in [-0.1, -0.05) is 0 Å². The predicted octanol–water partition coefficient (Wildman–Crippen LogP) is 1.81. The van der Waals surface area contributed by atoms with Crippen LogP contribution in [0.15, 0.2) is 18.3 Å². The first-order chi connectivity index (χ1) is 8.40. The molecule has 0 unspecified atom stereocenters. The van der Waals surface area contributed by atoms with Gasteiger partial charge in [-0.3, -0.25) is 4.79 Å². The summed E-state index contributed by atoms with van der Waals surface area (Å²) in [6.45, 7) is 6.85. The molecule has 1 rings (SSSR count). The molecular weight excluding hydrogens is 230 g/mol. The lowest BCUT2D eigenvalue weighted by Crippen LogP contribution is -2.37. The van der Waals surface area contributed by atoms with E-state index >= 15 is 0 Å². The summed E-state index contributed by atoms with van der Waals surface area (Å²) in [5, 5.41) is 6.04. The predicted molar refractivity (Wildman–Crippen MR) is 71.8 cm³/mol. The zero-order valence-electron chi connectivity index (χ0n) is 11.4. The maximum atomic E-state index is 11.6. The number of nitrogens with zero attached hydrogens (tertiary/aromatic N) is 1. The van der Waals surface area contributed by atoms with E-state index in [-0.39, 0.29) is 11.4 Å². The number of nitrogens with one attached hydrogen (secondary N) is 2. The lowest BCUT2D eigenvalue weighted by atomic mass is 10.1. The number of methoxy groups -OCH3 is 1. The SMILES string of the molecule is COc1ccc(NC(=O)CCNC(C)(C)C)cn1. The van der Waals surface area contributed by atoms with E-state index in [0.717, 1.165) is 0 Å². The lowest BCUT2D eigenvalue weighted by molar-refractivity contribution is -0.116. The Morgan fingerprint density at radius 1 is 1.39 bits per heavy atom. The van der Waals surface area contributed by atoms with Crippen LogP contribution in [0, 0.1) is 0 Å². The summed E-state index contributed by atoms with van der Waals surface area (Å²) in [4.78, 5) is 15.7. The Balaban J connectivity index is 2.35. The molecule has 18 heavy (non-hydrogen) atoms. The van der Waals surface area contributed by atoms with Crippen molar-refractivity contribution in [3.05, 3.63) is 18.3 Å². The van der Waals surface area contributed by atoms with Crippen LogP contribution in [0.25, 0.3) is 0 Å². The smallest absolute Gasteiger partial charge is 0.225 e. The number of hydrogen-bond acceptors (Lipinski definition) is 4. The van der Waals surface area contributed by atoms with Gasteiger partial charge in [0, 0.05) is 24.6 Å². The molecule has 0 bridgehead atoms. The first-order valence-electron chi connectivity index (χ1n) is 5.95. The fourth-order valence-corrected chi connectivity index (χ4v) is 1.35. The number of rotatable bonds is 5. The second-order valence-corrected chi connectivity index (χ2v) is 5.06. The number of aromatic nitrogens is 1. The number of pyridine rings is 1. The standard InChI is InChI=1S/C13H21N3O2/c1-13(2,3)15-8-7-11(17)16-10-5-6-12(18-4)14-9-10/h5-6,9,15H,7-8H2,1-4H3,(H,16,17). The summed E-state index contributed by atoms with van der Waals surface area (Å²) in [6.07, 6.45) is 2.01. The normalized spacial score (nSPS) is 11.1. The van der Waals surface area contributed by atoms with E-state index in [9.17, 15) is 4.79 Å². The van der Waals surface area contributed by atoms with Crippen molar-refractivity contribution < 1.29 is 9.53 Å². The van der Waals surface area contributed by atoms with Gasteiger partial charge in [-0.15, -0.1) is 0 Å². The first kappa shape index (κ1) is 14.4. The molecule has 1 aromatic rings. The number of carbonyl (C=O) groups is 1. The summed E-state index contributed by atoms with van der Waals surface area (Å²) in [5.41, 5.74) is 0.707. The van der Waals surface area contributed by atoms with Crippen LogP contribution in [0.4, 0.5) is 5.69 Å². The number of ether oxygens (including phenoxy) is 1. The molecule has 0 atom stereocenters. The van der Waals surface area contributed by atoms with Crippen molar-refractivity contribution in [3.63, 3.8) is 0 Å². The van der Waals surface area contributed by atoms with Crippen LogP contribution >= 0.6 is 0 Å². The van der Waals surface area contributed by atoms with E-state index in [2.05, 4.69) is 36.4 Å². The van der Waals surface area contributed by atoms with Gasteiger partial charge >= 0.3 is 0 Å². The van der Waals surface area contributed by atoms with Crippen LogP contribution in [-0.4, -0.2) is 30.1 Å². The molecule has 0 saturated carbocycles. The third-order valence-electron chi connectivity index (χ3n) is 2.24. The summed E-state index contributed by atoms with van der Waals surface area (Å²) in [7, 11) is 1.55. The Bertz CT molecular complexity index is 382. The van der Waals surface area contributed by atoms with Gasteiger partial charge in [-0.05, 0) is 26.8 Å². The maximum absolute atomic E-state index is 11.6. The molecule has 1 heterocycles. The van der Waals surface area contributed by atoms with E-state index in [1.54, 1.807) is 25.4 Å². The molecule has 1 aromatic heterocycles. The monoisotopic (exact) mass is 251 g/mol. The Labute approximate surface area is 108 Å². The number of amides is 1. The fraction of sp³-hybridized carbons (Fsp3) is 0.538. The third-order valence-corrected chi connectivity index (χ3v) is 2.24. The zero-order valence-corrected chi connectivity index (χ0v) is 11.4. The molecule has 0 aliphatic heterocycles. The van der Waals surface area contributed by atoms with E-state index < -0.39 is 0 Å². The van der Waals surface area contributed by atoms with Crippen molar-refractivity contribution in [2.75, 3.05) is 19.0 Å². The van der Waals surface area contributed by atoms with Gasteiger partial charge in [0.05, 0.1) is 19.0 Å². The average Bonchev–Trinajstić information content (AvgIpc) is 2.28. The molecule has 0 spiro atoms. The highest BCUT2D eigenvalue weighted by atomic mass is 16.5. The molecule has 0 aromatic carbocycles. The van der Waals surface area contributed by atoms with Gasteiger partial charge in [-0.25, -0.2) is 4.98 Å². The highest BCUT2D eigenvalue weighted by molar-refractivity contribution is 5.90. The second-order valence-electron chi connectivity index (χ2n) is 5.06. The summed E-state index contributed by atoms with van der Waals surface area (Å²) >= 11 is 0. The molecular formula is C13H21N3O2. The van der Waals surface area contributed by atoms with E-state index in [1.807, 2.05) is 0 Å². The van der Waals surface area contributed by atoms with Crippen molar-refractivity contribution in [2.24, 2.45) is 0 Å². The van der Waals surface area contributed by atoms with Crippen molar-refractivity contribution in [2.45, 2.75) is 32.7 Å². The quantitative estimate of drug-likeness (QED) is 0.837. The molecule has 1 amide bonds. The molecule has 2 N–H and O–H groups in total. The van der Waals surface area contributed by atoms with Gasteiger partial charge in [-0.2, -0.15) is 0 Å². The van der Waals surface area contributed by atoms with Crippen LogP contribution in [0.2, 0.25) is 0 Å². The van der Waals surface area contributed by atoms with Gasteiger partial charge in [0.25, 0.3) is 0 Å². The second kappa shape index (κ2) is 6.35. The largest absolute Gasteiger partial charge is 0.481 e. The van der Waals surface area contributed by atoms with Gasteiger partial charge in [0.15, 0.2) is 0 Å². The minimum atomic E-state index is -0.0290. The van der Waals surface area contributed by atoms with Crippen molar-refractivity contribution >= 4 is 11.6 Å². The molecule has 100 valence electrons. The Kier molecular flexibility index (Phi) is 5.09. The van der Waals surface area contributed by atoms with Gasteiger partial charge in [0.1, 0.15) is 0 Å². The molecule has 0 aliphatic rings. The Hall–Kier alpha value is -1.62. The summed E-state index contributed by atoms with van der Waals surface area (Å²) < 4.78 is 4.94. The number of anilines is 1. The minimum Gasteiger partial charge on any atom is -0.481 e. The molecule has 0 fully saturated rings. The average molecular weight is 251 g/mol. The Morgan fingerprint density at radius 3 is 2.61 bits per heavy atom. The summed E-state index contributed by atoms with van der Waals surface area (Å²) in [6, 6.07) is 3.48. The van der Waals surface area contributed by atoms with Crippen LogP contribution in [-0.2, 0) is 4.79 Å². The third kappa shape index (κ3) is 5.63. The van der Waals surface area contributed by atoms with Gasteiger partial charge in [0.2, 0.25) is 11.8 Å².